The van der Waals surface area contributed by atoms with Gasteiger partial charge in [0.15, 0.2) is 0 Å². The first-order chi connectivity index (χ1) is 15.1. The molecule has 1 fully saturated rings. The monoisotopic (exact) mass is 470 g/mol. The number of para-hydroxylation sites is 1. The molecular formula is C22H22ClF3N2O4. The van der Waals surface area contributed by atoms with Crippen molar-refractivity contribution in [3.05, 3.63) is 58.6 Å². The summed E-state index contributed by atoms with van der Waals surface area (Å²) in [6, 6.07) is 9.54. The summed E-state index contributed by atoms with van der Waals surface area (Å²) in [5.74, 6) is -0.806. The number of carbonyl (C=O) groups excluding carboxylic acids is 2. The largest absolute Gasteiger partial charge is 0.573 e. The van der Waals surface area contributed by atoms with Crippen molar-refractivity contribution in [3.63, 3.8) is 0 Å². The minimum absolute atomic E-state index is 0.107. The third kappa shape index (κ3) is 5.45. The molecule has 1 heterocycles. The number of hydrogen-bond acceptors (Lipinski definition) is 4. The Hall–Kier alpha value is -2.94. The zero-order valence-corrected chi connectivity index (χ0v) is 18.2. The topological polar surface area (TPSA) is 59.1 Å². The first-order valence-electron chi connectivity index (χ1n) is 9.84. The molecule has 0 bridgehead atoms. The number of halogens is 4. The summed E-state index contributed by atoms with van der Waals surface area (Å²) in [6.45, 7) is 0.261. The van der Waals surface area contributed by atoms with E-state index < -0.39 is 18.3 Å². The molecule has 3 rings (SSSR count). The highest BCUT2D eigenvalue weighted by molar-refractivity contribution is 6.31. The quantitative estimate of drug-likeness (QED) is 0.623. The Morgan fingerprint density at radius 3 is 2.59 bits per heavy atom. The van der Waals surface area contributed by atoms with E-state index in [0.717, 1.165) is 0 Å². The van der Waals surface area contributed by atoms with Crippen molar-refractivity contribution in [2.75, 3.05) is 20.7 Å². The molecule has 0 aliphatic carbocycles. The molecule has 2 aromatic rings. The molecule has 2 aromatic carbocycles. The van der Waals surface area contributed by atoms with Crippen molar-refractivity contribution in [1.29, 1.82) is 0 Å². The fraction of sp³-hybridized carbons (Fsp3) is 0.364. The third-order valence-corrected chi connectivity index (χ3v) is 5.41. The molecule has 32 heavy (non-hydrogen) atoms. The molecule has 1 aliphatic rings. The third-order valence-electron chi connectivity index (χ3n) is 5.17. The van der Waals surface area contributed by atoms with Crippen LogP contribution in [-0.4, -0.2) is 54.7 Å². The van der Waals surface area contributed by atoms with Gasteiger partial charge < -0.3 is 19.3 Å². The van der Waals surface area contributed by atoms with Crippen LogP contribution in [0.15, 0.2) is 42.5 Å². The molecule has 1 atom stereocenters. The lowest BCUT2D eigenvalue weighted by Gasteiger charge is -2.29. The molecular weight excluding hydrogens is 449 g/mol. The van der Waals surface area contributed by atoms with Crippen LogP contribution in [0.4, 0.5) is 13.2 Å². The van der Waals surface area contributed by atoms with Crippen LogP contribution in [0.25, 0.3) is 0 Å². The van der Waals surface area contributed by atoms with Crippen molar-refractivity contribution in [2.45, 2.75) is 31.8 Å². The summed E-state index contributed by atoms with van der Waals surface area (Å²) in [6.07, 6.45) is -3.78. The number of benzene rings is 2. The number of carbonyl (C=O) groups is 2. The maximum atomic E-state index is 13.2. The zero-order valence-electron chi connectivity index (χ0n) is 17.5. The van der Waals surface area contributed by atoms with Crippen molar-refractivity contribution < 1.29 is 32.2 Å². The Bertz CT molecular complexity index is 999. The first-order valence-corrected chi connectivity index (χ1v) is 10.2. The summed E-state index contributed by atoms with van der Waals surface area (Å²) in [5.41, 5.74) is 0.444. The normalized spacial score (nSPS) is 16.1. The average molecular weight is 471 g/mol. The lowest BCUT2D eigenvalue weighted by Crippen LogP contribution is -2.46. The Kier molecular flexibility index (Phi) is 7.18. The second-order valence-electron chi connectivity index (χ2n) is 7.35. The molecule has 6 nitrogen and oxygen atoms in total. The van der Waals surface area contributed by atoms with E-state index in [-0.39, 0.29) is 29.3 Å². The van der Waals surface area contributed by atoms with Crippen LogP contribution < -0.4 is 9.47 Å². The minimum atomic E-state index is -4.84. The predicted molar refractivity (Wildman–Crippen MR) is 112 cm³/mol. The van der Waals surface area contributed by atoms with E-state index >= 15 is 0 Å². The molecule has 0 unspecified atom stereocenters. The Morgan fingerprint density at radius 1 is 1.19 bits per heavy atom. The number of rotatable bonds is 6. The van der Waals surface area contributed by atoms with Crippen LogP contribution in [0.5, 0.6) is 11.5 Å². The fourth-order valence-corrected chi connectivity index (χ4v) is 3.89. The van der Waals surface area contributed by atoms with E-state index in [4.69, 9.17) is 16.3 Å². The molecule has 0 radical (unpaired) electrons. The predicted octanol–water partition coefficient (Wildman–Crippen LogP) is 4.51. The number of methoxy groups -OCH3 is 1. The first kappa shape index (κ1) is 23.7. The summed E-state index contributed by atoms with van der Waals surface area (Å²) >= 11 is 6.03. The molecule has 1 aliphatic heterocycles. The second kappa shape index (κ2) is 9.68. The maximum absolute atomic E-state index is 13.2. The van der Waals surface area contributed by atoms with Crippen LogP contribution in [-0.2, 0) is 11.3 Å². The highest BCUT2D eigenvalue weighted by Crippen LogP contribution is 2.30. The van der Waals surface area contributed by atoms with Gasteiger partial charge in [-0.2, -0.15) is 0 Å². The number of amides is 2. The van der Waals surface area contributed by atoms with Crippen LogP contribution in [0.2, 0.25) is 5.02 Å². The van der Waals surface area contributed by atoms with Gasteiger partial charge in [0, 0.05) is 30.7 Å². The van der Waals surface area contributed by atoms with Crippen LogP contribution in [0.1, 0.15) is 28.8 Å². The molecule has 2 amide bonds. The van der Waals surface area contributed by atoms with Crippen LogP contribution in [0.3, 0.4) is 0 Å². The molecule has 10 heteroatoms. The SMILES string of the molecule is COc1ccc(Cl)cc1C(=O)N1CCC[C@H]1C(=O)N(C)Cc1ccccc1OC(F)(F)F. The number of alkyl halides is 3. The van der Waals surface area contributed by atoms with E-state index in [1.54, 1.807) is 18.2 Å². The van der Waals surface area contributed by atoms with Crippen molar-refractivity contribution in [3.8, 4) is 11.5 Å². The van der Waals surface area contributed by atoms with Gasteiger partial charge in [-0.15, -0.1) is 13.2 Å². The van der Waals surface area contributed by atoms with E-state index in [1.807, 2.05) is 0 Å². The second-order valence-corrected chi connectivity index (χ2v) is 7.79. The molecule has 172 valence electrons. The average Bonchev–Trinajstić information content (AvgIpc) is 3.22. The van der Waals surface area contributed by atoms with Crippen LogP contribution >= 0.6 is 11.6 Å². The van der Waals surface area contributed by atoms with Gasteiger partial charge in [-0.05, 0) is 37.1 Å². The van der Waals surface area contributed by atoms with Crippen molar-refractivity contribution in [1.82, 2.24) is 9.80 Å². The fourth-order valence-electron chi connectivity index (χ4n) is 3.72. The van der Waals surface area contributed by atoms with Crippen molar-refractivity contribution >= 4 is 23.4 Å². The van der Waals surface area contributed by atoms with E-state index in [0.29, 0.717) is 30.2 Å². The summed E-state index contributed by atoms with van der Waals surface area (Å²) < 4.78 is 47.4. The van der Waals surface area contributed by atoms with E-state index in [9.17, 15) is 22.8 Å². The van der Waals surface area contributed by atoms with Gasteiger partial charge in [0.1, 0.15) is 17.5 Å². The van der Waals surface area contributed by atoms with E-state index in [2.05, 4.69) is 4.74 Å². The van der Waals surface area contributed by atoms with Gasteiger partial charge in [-0.3, -0.25) is 9.59 Å². The van der Waals surface area contributed by atoms with Gasteiger partial charge >= 0.3 is 6.36 Å². The number of likely N-dealkylation sites (N-methyl/N-ethyl adjacent to an activating group) is 1. The summed E-state index contributed by atoms with van der Waals surface area (Å²) in [5, 5.41) is 0.356. The smallest absolute Gasteiger partial charge is 0.496 e. The van der Waals surface area contributed by atoms with E-state index in [1.165, 1.54) is 48.2 Å². The Balaban J connectivity index is 1.78. The van der Waals surface area contributed by atoms with Gasteiger partial charge in [0.2, 0.25) is 5.91 Å². The zero-order chi connectivity index (χ0) is 23.5. The summed E-state index contributed by atoms with van der Waals surface area (Å²) in [4.78, 5) is 29.0. The number of hydrogen-bond donors (Lipinski definition) is 0. The minimum Gasteiger partial charge on any atom is -0.496 e. The van der Waals surface area contributed by atoms with Gasteiger partial charge in [-0.1, -0.05) is 29.8 Å². The molecule has 0 aromatic heterocycles. The number of ether oxygens (including phenoxy) is 2. The highest BCUT2D eigenvalue weighted by Gasteiger charge is 2.37. The lowest BCUT2D eigenvalue weighted by atomic mass is 10.1. The van der Waals surface area contributed by atoms with Crippen LogP contribution in [0, 0.1) is 0 Å². The van der Waals surface area contributed by atoms with Crippen molar-refractivity contribution in [2.24, 2.45) is 0 Å². The molecule has 1 saturated heterocycles. The standard InChI is InChI=1S/C22H22ClF3N2O4/c1-27(13-14-6-3-4-8-18(14)32-22(24,25)26)21(30)17-7-5-11-28(17)20(29)16-12-15(23)9-10-19(16)31-2/h3-4,6,8-10,12,17H,5,7,11,13H2,1-2H3/t17-/m0/s1. The summed E-state index contributed by atoms with van der Waals surface area (Å²) in [7, 11) is 2.91. The molecule has 0 saturated carbocycles. The highest BCUT2D eigenvalue weighted by atomic mass is 35.5. The number of likely N-dealkylation sites (tertiary alicyclic amines) is 1. The Morgan fingerprint density at radius 2 is 1.91 bits per heavy atom. The number of nitrogens with zero attached hydrogens (tertiary/aromatic N) is 2. The lowest BCUT2D eigenvalue weighted by molar-refractivity contribution is -0.275. The molecule has 0 N–H and O–H groups in total. The van der Waals surface area contributed by atoms with Gasteiger partial charge in [0.25, 0.3) is 5.91 Å². The molecule has 0 spiro atoms. The van der Waals surface area contributed by atoms with Gasteiger partial charge in [0.05, 0.1) is 12.7 Å². The maximum Gasteiger partial charge on any atom is 0.573 e. The Labute approximate surface area is 188 Å². The van der Waals surface area contributed by atoms with Gasteiger partial charge in [-0.25, -0.2) is 0 Å².